The summed E-state index contributed by atoms with van der Waals surface area (Å²) in [5.74, 6) is 3.09. The molecule has 0 bridgehead atoms. The Hall–Kier alpha value is -2.30. The molecule has 0 aliphatic carbocycles. The molecule has 0 unspecified atom stereocenters. The van der Waals surface area contributed by atoms with Gasteiger partial charge in [-0.2, -0.15) is 4.98 Å². The smallest absolute Gasteiger partial charge is 0.224 e. The molecule has 2 rings (SSSR count). The second-order valence-corrected chi connectivity index (χ2v) is 4.30. The van der Waals surface area contributed by atoms with E-state index in [4.69, 9.17) is 15.2 Å². The van der Waals surface area contributed by atoms with Crippen molar-refractivity contribution in [1.82, 2.24) is 9.97 Å². The number of hydrogen-bond donors (Lipinski definition) is 1. The van der Waals surface area contributed by atoms with Crippen LogP contribution in [0.4, 0.5) is 5.82 Å². The Morgan fingerprint density at radius 3 is 2.40 bits per heavy atom. The van der Waals surface area contributed by atoms with E-state index in [1.807, 2.05) is 31.2 Å². The first-order valence-corrected chi connectivity index (χ1v) is 6.75. The number of ether oxygens (including phenoxy) is 2. The lowest BCUT2D eigenvalue weighted by atomic mass is 10.3. The number of aromatic nitrogens is 2. The van der Waals surface area contributed by atoms with Gasteiger partial charge in [0, 0.05) is 12.5 Å². The highest BCUT2D eigenvalue weighted by Gasteiger charge is 2.05. The number of aryl methyl sites for hydroxylation is 1. The second-order valence-electron chi connectivity index (χ2n) is 4.30. The lowest BCUT2D eigenvalue weighted by molar-refractivity contribution is 0.339. The van der Waals surface area contributed by atoms with Gasteiger partial charge in [-0.25, -0.2) is 4.98 Å². The predicted molar refractivity (Wildman–Crippen MR) is 78.1 cm³/mol. The van der Waals surface area contributed by atoms with Gasteiger partial charge >= 0.3 is 0 Å². The maximum Gasteiger partial charge on any atom is 0.224 e. The Balaban J connectivity index is 2.12. The number of nitrogen functional groups attached to an aromatic ring is 1. The molecular formula is C15H19N3O2. The highest BCUT2D eigenvalue weighted by atomic mass is 16.5. The predicted octanol–water partition coefficient (Wildman–Crippen LogP) is 3.20. The van der Waals surface area contributed by atoms with Gasteiger partial charge in [0.25, 0.3) is 0 Å². The first-order chi connectivity index (χ1) is 9.71. The average molecular weight is 273 g/mol. The van der Waals surface area contributed by atoms with Crippen molar-refractivity contribution in [3.05, 3.63) is 36.2 Å². The van der Waals surface area contributed by atoms with Crippen molar-refractivity contribution in [2.75, 3.05) is 12.3 Å². The van der Waals surface area contributed by atoms with Gasteiger partial charge in [-0.05, 0) is 37.6 Å². The average Bonchev–Trinajstić information content (AvgIpc) is 2.41. The summed E-state index contributed by atoms with van der Waals surface area (Å²) in [7, 11) is 0. The highest BCUT2D eigenvalue weighted by molar-refractivity contribution is 5.37. The third-order valence-electron chi connectivity index (χ3n) is 2.60. The highest BCUT2D eigenvalue weighted by Crippen LogP contribution is 2.23. The van der Waals surface area contributed by atoms with Gasteiger partial charge < -0.3 is 15.2 Å². The van der Waals surface area contributed by atoms with Crippen molar-refractivity contribution >= 4 is 5.82 Å². The summed E-state index contributed by atoms with van der Waals surface area (Å²) in [6.07, 6.45) is 1.75. The monoisotopic (exact) mass is 273 g/mol. The largest absolute Gasteiger partial charge is 0.494 e. The zero-order valence-electron chi connectivity index (χ0n) is 11.8. The Kier molecular flexibility index (Phi) is 4.76. The molecule has 0 radical (unpaired) electrons. The molecule has 1 heterocycles. The summed E-state index contributed by atoms with van der Waals surface area (Å²) in [6, 6.07) is 9.01. The van der Waals surface area contributed by atoms with Crippen LogP contribution in [0.15, 0.2) is 30.3 Å². The Labute approximate surface area is 118 Å². The minimum absolute atomic E-state index is 0.421. The molecule has 106 valence electrons. The number of anilines is 1. The standard InChI is InChI=1S/C15H19N3O2/c1-3-5-14-17-13(16)10-15(18-14)20-12-8-6-11(7-9-12)19-4-2/h6-10H,3-5H2,1-2H3,(H2,16,17,18). The Morgan fingerprint density at radius 2 is 1.75 bits per heavy atom. The van der Waals surface area contributed by atoms with Gasteiger partial charge in [0.1, 0.15) is 23.1 Å². The second kappa shape index (κ2) is 6.75. The van der Waals surface area contributed by atoms with Crippen molar-refractivity contribution in [3.63, 3.8) is 0 Å². The molecule has 0 atom stereocenters. The van der Waals surface area contributed by atoms with Gasteiger partial charge in [0.2, 0.25) is 5.88 Å². The van der Waals surface area contributed by atoms with Crippen molar-refractivity contribution in [2.24, 2.45) is 0 Å². The van der Waals surface area contributed by atoms with Crippen molar-refractivity contribution < 1.29 is 9.47 Å². The zero-order valence-corrected chi connectivity index (χ0v) is 11.8. The summed E-state index contributed by atoms with van der Waals surface area (Å²) in [4.78, 5) is 8.50. The first-order valence-electron chi connectivity index (χ1n) is 6.75. The molecule has 2 aromatic rings. The van der Waals surface area contributed by atoms with Crippen molar-refractivity contribution in [1.29, 1.82) is 0 Å². The first kappa shape index (κ1) is 14.1. The molecule has 20 heavy (non-hydrogen) atoms. The zero-order chi connectivity index (χ0) is 14.4. The van der Waals surface area contributed by atoms with Crippen LogP contribution < -0.4 is 15.2 Å². The van der Waals surface area contributed by atoms with Crippen LogP contribution in [0, 0.1) is 0 Å². The van der Waals surface area contributed by atoms with Crippen LogP contribution in [0.3, 0.4) is 0 Å². The maximum absolute atomic E-state index is 5.76. The van der Waals surface area contributed by atoms with Gasteiger partial charge in [-0.3, -0.25) is 0 Å². The Morgan fingerprint density at radius 1 is 1.05 bits per heavy atom. The van der Waals surface area contributed by atoms with E-state index in [-0.39, 0.29) is 0 Å². The number of rotatable bonds is 6. The molecule has 5 nitrogen and oxygen atoms in total. The number of nitrogens with two attached hydrogens (primary N) is 1. The van der Waals surface area contributed by atoms with Crippen LogP contribution in [0.1, 0.15) is 26.1 Å². The van der Waals surface area contributed by atoms with Gasteiger partial charge in [-0.15, -0.1) is 0 Å². The normalized spacial score (nSPS) is 10.3. The van der Waals surface area contributed by atoms with Gasteiger partial charge in [0.05, 0.1) is 6.61 Å². The van der Waals surface area contributed by atoms with Crippen LogP contribution in [0.5, 0.6) is 17.4 Å². The lowest BCUT2D eigenvalue weighted by Gasteiger charge is -2.08. The van der Waals surface area contributed by atoms with E-state index in [1.54, 1.807) is 6.07 Å². The van der Waals surface area contributed by atoms with Crippen molar-refractivity contribution in [3.8, 4) is 17.4 Å². The van der Waals surface area contributed by atoms with Crippen LogP contribution in [-0.2, 0) is 6.42 Å². The molecule has 0 amide bonds. The fourth-order valence-corrected chi connectivity index (χ4v) is 1.77. The minimum atomic E-state index is 0.421. The van der Waals surface area contributed by atoms with E-state index in [0.717, 1.165) is 18.6 Å². The Bertz CT molecular complexity index is 556. The van der Waals surface area contributed by atoms with Crippen LogP contribution in [0.25, 0.3) is 0 Å². The van der Waals surface area contributed by atoms with Crippen LogP contribution in [-0.4, -0.2) is 16.6 Å². The molecule has 0 spiro atoms. The fourth-order valence-electron chi connectivity index (χ4n) is 1.77. The summed E-state index contributed by atoms with van der Waals surface area (Å²) in [5, 5.41) is 0. The molecule has 2 N–H and O–H groups in total. The third kappa shape index (κ3) is 3.85. The lowest BCUT2D eigenvalue weighted by Crippen LogP contribution is -2.01. The molecule has 0 fully saturated rings. The molecule has 5 heteroatoms. The van der Waals surface area contributed by atoms with E-state index in [0.29, 0.717) is 29.9 Å². The van der Waals surface area contributed by atoms with Crippen LogP contribution in [0.2, 0.25) is 0 Å². The maximum atomic E-state index is 5.76. The number of benzene rings is 1. The van der Waals surface area contributed by atoms with Gasteiger partial charge in [-0.1, -0.05) is 6.92 Å². The summed E-state index contributed by atoms with van der Waals surface area (Å²) < 4.78 is 11.1. The topological polar surface area (TPSA) is 70.3 Å². The summed E-state index contributed by atoms with van der Waals surface area (Å²) >= 11 is 0. The fraction of sp³-hybridized carbons (Fsp3) is 0.333. The summed E-state index contributed by atoms with van der Waals surface area (Å²) in [5.41, 5.74) is 5.76. The molecule has 0 aliphatic rings. The molecule has 0 saturated heterocycles. The van der Waals surface area contributed by atoms with Crippen molar-refractivity contribution in [2.45, 2.75) is 26.7 Å². The molecular weight excluding hydrogens is 254 g/mol. The van der Waals surface area contributed by atoms with E-state index in [2.05, 4.69) is 16.9 Å². The van der Waals surface area contributed by atoms with Gasteiger partial charge in [0.15, 0.2) is 0 Å². The molecule has 1 aromatic heterocycles. The summed E-state index contributed by atoms with van der Waals surface area (Å²) in [6.45, 7) is 4.66. The van der Waals surface area contributed by atoms with E-state index in [1.165, 1.54) is 0 Å². The third-order valence-corrected chi connectivity index (χ3v) is 2.60. The molecule has 1 aromatic carbocycles. The number of hydrogen-bond acceptors (Lipinski definition) is 5. The minimum Gasteiger partial charge on any atom is -0.494 e. The quantitative estimate of drug-likeness (QED) is 0.875. The number of nitrogens with zero attached hydrogens (tertiary/aromatic N) is 2. The van der Waals surface area contributed by atoms with E-state index >= 15 is 0 Å². The van der Waals surface area contributed by atoms with E-state index in [9.17, 15) is 0 Å². The van der Waals surface area contributed by atoms with E-state index < -0.39 is 0 Å². The molecule has 0 saturated carbocycles. The van der Waals surface area contributed by atoms with Crippen LogP contribution >= 0.6 is 0 Å². The SMILES string of the molecule is CCCc1nc(N)cc(Oc2ccc(OCC)cc2)n1. The molecule has 0 aliphatic heterocycles.